The molecule has 2 heterocycles. The van der Waals surface area contributed by atoms with Crippen LogP contribution in [0.4, 0.5) is 44.3 Å². The third kappa shape index (κ3) is 8.56. The number of benzene rings is 2. The van der Waals surface area contributed by atoms with Gasteiger partial charge in [-0.3, -0.25) is 0 Å². The summed E-state index contributed by atoms with van der Waals surface area (Å²) in [6.45, 7) is 9.43. The van der Waals surface area contributed by atoms with E-state index in [-0.39, 0.29) is 56.3 Å². The lowest BCUT2D eigenvalue weighted by Crippen LogP contribution is -2.56. The molecular formula is C35H39F9N2O4S. The fourth-order valence-corrected chi connectivity index (χ4v) is 7.68. The molecule has 6 nitrogen and oxygen atoms in total. The van der Waals surface area contributed by atoms with Crippen LogP contribution in [0.1, 0.15) is 37.0 Å². The molecule has 3 atom stereocenters. The second-order valence-electron chi connectivity index (χ2n) is 11.4. The molecule has 51 heavy (non-hydrogen) atoms. The fraction of sp³-hybridized carbons (Fsp3) is 0.429. The summed E-state index contributed by atoms with van der Waals surface area (Å²) in [5, 5.41) is 9.77. The molecule has 1 N–H and O–H groups in total. The Morgan fingerprint density at radius 1 is 1.02 bits per heavy atom. The van der Waals surface area contributed by atoms with Gasteiger partial charge in [-0.1, -0.05) is 63.2 Å². The van der Waals surface area contributed by atoms with E-state index in [0.29, 0.717) is 24.3 Å². The second kappa shape index (κ2) is 16.8. The topological polar surface area (TPSA) is 62.2 Å². The van der Waals surface area contributed by atoms with E-state index in [1.54, 1.807) is 0 Å². The summed E-state index contributed by atoms with van der Waals surface area (Å²) in [6, 6.07) is 4.26. The standard InChI is InChI=1S/C33H33F9N2O4S.C2H6/c1-21(34)7-8-22(2)49(3)30(13-14-43(20-30)29(46)44-15-16-47-18-25(44)17-45)23-9-11-24(12-10-23)31(32(37,38)39,33(40,41)42)48-19-26-27(35)5-4-6-28(26)36;1-2/h4-12,25,45H,1-3,13-20H2;1-2H3/b8-7-;/t25?,30-,49?;/m1./s1. The molecule has 2 aliphatic heterocycles. The Balaban J connectivity index is 0.00000345. The van der Waals surface area contributed by atoms with E-state index in [4.69, 9.17) is 4.74 Å². The van der Waals surface area contributed by atoms with Gasteiger partial charge in [0.15, 0.2) is 0 Å². The number of hydrogen-bond acceptors (Lipinski definition) is 4. The van der Waals surface area contributed by atoms with Crippen LogP contribution < -0.4 is 0 Å². The molecule has 2 amide bonds. The summed E-state index contributed by atoms with van der Waals surface area (Å²) >= 11 is 0. The summed E-state index contributed by atoms with van der Waals surface area (Å²) in [5.74, 6) is 0.565. The highest BCUT2D eigenvalue weighted by Gasteiger charge is 2.73. The van der Waals surface area contributed by atoms with Crippen molar-refractivity contribution in [3.05, 3.63) is 107 Å². The summed E-state index contributed by atoms with van der Waals surface area (Å²) in [4.78, 5) is 16.7. The van der Waals surface area contributed by atoms with Crippen LogP contribution >= 0.6 is 10.5 Å². The van der Waals surface area contributed by atoms with Crippen molar-refractivity contribution in [1.82, 2.24) is 9.80 Å². The molecule has 0 aromatic heterocycles. The minimum Gasteiger partial charge on any atom is -0.394 e. The first-order valence-corrected chi connectivity index (χ1v) is 17.1. The average Bonchev–Trinajstić information content (AvgIpc) is 3.54. The number of halogens is 9. The molecule has 0 aliphatic carbocycles. The van der Waals surface area contributed by atoms with E-state index in [9.17, 15) is 49.4 Å². The van der Waals surface area contributed by atoms with Crippen molar-refractivity contribution in [3.63, 3.8) is 0 Å². The Hall–Kier alpha value is -3.60. The van der Waals surface area contributed by atoms with Gasteiger partial charge in [0.05, 0.1) is 37.2 Å². The third-order valence-electron chi connectivity index (χ3n) is 8.54. The Bertz CT molecular complexity index is 1580. The number of urea groups is 1. The maximum atomic E-state index is 14.5. The maximum Gasteiger partial charge on any atom is 0.430 e. The number of hydrogen-bond donors (Lipinski definition) is 1. The van der Waals surface area contributed by atoms with E-state index in [1.807, 2.05) is 13.8 Å². The van der Waals surface area contributed by atoms with Crippen LogP contribution in [0.25, 0.3) is 0 Å². The number of morpholine rings is 1. The molecule has 2 unspecified atom stereocenters. The molecule has 2 aromatic carbocycles. The van der Waals surface area contributed by atoms with Gasteiger partial charge in [0, 0.05) is 30.8 Å². The average molecular weight is 755 g/mol. The van der Waals surface area contributed by atoms with Crippen LogP contribution in [0.2, 0.25) is 0 Å². The number of alkyl halides is 6. The molecule has 2 saturated heterocycles. The molecule has 2 aromatic rings. The third-order valence-corrected chi connectivity index (χ3v) is 10.8. The van der Waals surface area contributed by atoms with Crippen molar-refractivity contribution in [2.24, 2.45) is 0 Å². The Morgan fingerprint density at radius 2 is 1.61 bits per heavy atom. The molecule has 2 fully saturated rings. The van der Waals surface area contributed by atoms with Crippen molar-refractivity contribution in [3.8, 4) is 0 Å². The normalized spacial score (nSPS) is 20.6. The van der Waals surface area contributed by atoms with Gasteiger partial charge in [-0.25, -0.2) is 18.0 Å². The second-order valence-corrected chi connectivity index (χ2v) is 13.5. The molecule has 4 rings (SSSR count). The van der Waals surface area contributed by atoms with Crippen LogP contribution in [-0.4, -0.2) is 84.7 Å². The first-order valence-electron chi connectivity index (χ1n) is 15.7. The first kappa shape index (κ1) is 41.8. The van der Waals surface area contributed by atoms with Gasteiger partial charge < -0.3 is 24.4 Å². The predicted molar refractivity (Wildman–Crippen MR) is 178 cm³/mol. The van der Waals surface area contributed by atoms with Gasteiger partial charge in [-0.2, -0.15) is 26.3 Å². The summed E-state index contributed by atoms with van der Waals surface area (Å²) in [6.07, 6.45) is -9.85. The number of aliphatic hydroxyl groups excluding tert-OH is 1. The number of carbonyl (C=O) groups is 1. The Kier molecular flexibility index (Phi) is 13.8. The molecular weight excluding hydrogens is 715 g/mol. The maximum absolute atomic E-state index is 14.5. The lowest BCUT2D eigenvalue weighted by molar-refractivity contribution is -0.392. The summed E-state index contributed by atoms with van der Waals surface area (Å²) in [7, 11) is -1.25. The van der Waals surface area contributed by atoms with E-state index in [2.05, 4.69) is 23.8 Å². The number of likely N-dealkylation sites (tertiary alicyclic amines) is 1. The number of rotatable bonds is 10. The molecule has 16 heteroatoms. The SMILES string of the molecule is C=C(F)/C=C\C(=C)S(=C)[C@]1(c2ccc(C(OCc3c(F)cccc3F)(C(F)(F)F)C(F)(F)F)cc2)CCN(C(=O)N2CCOCC2CO)C1.CC. The number of nitrogens with zero attached hydrogens (tertiary/aromatic N) is 2. The van der Waals surface area contributed by atoms with E-state index < -0.39 is 80.5 Å². The summed E-state index contributed by atoms with van der Waals surface area (Å²) < 4.78 is 138. The zero-order chi connectivity index (χ0) is 38.4. The molecule has 2 aliphatic rings. The molecule has 282 valence electrons. The number of aliphatic hydroxyl groups is 1. The number of allylic oxidation sites excluding steroid dienone is 3. The first-order chi connectivity index (χ1) is 23.9. The minimum atomic E-state index is -6.14. The van der Waals surface area contributed by atoms with Crippen molar-refractivity contribution in [2.45, 2.75) is 55.6 Å². The molecule has 0 saturated carbocycles. The molecule has 0 spiro atoms. The number of amides is 2. The highest BCUT2D eigenvalue weighted by atomic mass is 32.2. The Morgan fingerprint density at radius 3 is 2.14 bits per heavy atom. The van der Waals surface area contributed by atoms with Gasteiger partial charge in [-0.15, -0.1) is 10.5 Å². The van der Waals surface area contributed by atoms with Crippen molar-refractivity contribution in [2.75, 3.05) is 39.5 Å². The quantitative estimate of drug-likeness (QED) is 0.150. The van der Waals surface area contributed by atoms with Crippen molar-refractivity contribution >= 4 is 22.4 Å². The lowest BCUT2D eigenvalue weighted by Gasteiger charge is -2.39. The van der Waals surface area contributed by atoms with E-state index in [0.717, 1.165) is 24.3 Å². The highest BCUT2D eigenvalue weighted by Crippen LogP contribution is 2.55. The fourth-order valence-electron chi connectivity index (χ4n) is 5.87. The van der Waals surface area contributed by atoms with Crippen molar-refractivity contribution < 1.29 is 58.9 Å². The zero-order valence-electron chi connectivity index (χ0n) is 27.9. The minimum absolute atomic E-state index is 0.0862. The Labute approximate surface area is 292 Å². The van der Waals surface area contributed by atoms with Gasteiger partial charge in [0.25, 0.3) is 5.60 Å². The van der Waals surface area contributed by atoms with Crippen LogP contribution in [0.3, 0.4) is 0 Å². The monoisotopic (exact) mass is 754 g/mol. The van der Waals surface area contributed by atoms with Gasteiger partial charge in [-0.05, 0) is 41.2 Å². The lowest BCUT2D eigenvalue weighted by atomic mass is 9.88. The van der Waals surface area contributed by atoms with E-state index >= 15 is 0 Å². The van der Waals surface area contributed by atoms with Crippen LogP contribution in [0, 0.1) is 11.6 Å². The smallest absolute Gasteiger partial charge is 0.394 e. The van der Waals surface area contributed by atoms with Crippen molar-refractivity contribution in [1.29, 1.82) is 0 Å². The van der Waals surface area contributed by atoms with Gasteiger partial charge in [0.2, 0.25) is 0 Å². The highest BCUT2D eigenvalue weighted by molar-refractivity contribution is 8.18. The van der Waals surface area contributed by atoms with Crippen LogP contribution in [0.15, 0.2) is 78.5 Å². The molecule has 0 radical (unpaired) electrons. The number of carbonyl (C=O) groups excluding carboxylic acids is 1. The van der Waals surface area contributed by atoms with Crippen LogP contribution in [0.5, 0.6) is 0 Å². The molecule has 0 bridgehead atoms. The van der Waals surface area contributed by atoms with Gasteiger partial charge >= 0.3 is 18.4 Å². The zero-order valence-corrected chi connectivity index (χ0v) is 28.7. The van der Waals surface area contributed by atoms with Crippen LogP contribution in [-0.2, 0) is 26.4 Å². The predicted octanol–water partition coefficient (Wildman–Crippen LogP) is 8.50. The number of ether oxygens (including phenoxy) is 2. The van der Waals surface area contributed by atoms with E-state index in [1.165, 1.54) is 15.9 Å². The largest absolute Gasteiger partial charge is 0.430 e. The summed E-state index contributed by atoms with van der Waals surface area (Å²) in [5.41, 5.74) is -7.34. The van der Waals surface area contributed by atoms with Gasteiger partial charge in [0.1, 0.15) is 17.5 Å².